The Labute approximate surface area is 168 Å². The van der Waals surface area contributed by atoms with Crippen LogP contribution in [0.5, 0.6) is 0 Å². The van der Waals surface area contributed by atoms with Crippen molar-refractivity contribution in [2.75, 3.05) is 11.9 Å². The number of anilines is 1. The number of aryl methyl sites for hydroxylation is 2. The number of hydrogen-bond donors (Lipinski definition) is 2. The number of nitrogens with zero attached hydrogens (tertiary/aromatic N) is 1. The van der Waals surface area contributed by atoms with Gasteiger partial charge in [0.1, 0.15) is 12.1 Å². The highest BCUT2D eigenvalue weighted by Crippen LogP contribution is 2.29. The molecule has 0 saturated carbocycles. The first-order valence-electron chi connectivity index (χ1n) is 9.04. The molecule has 1 atom stereocenters. The SMILES string of the molecule is CCc1cccc(C)c1NC(=O)CN1C(=O)N[C@@](C)(c2ccc(Cl)cc2)C1=O. The molecule has 146 valence electrons. The zero-order valence-electron chi connectivity index (χ0n) is 16.0. The van der Waals surface area contributed by atoms with Crippen molar-refractivity contribution in [3.05, 3.63) is 64.2 Å². The highest BCUT2D eigenvalue weighted by Gasteiger charge is 2.49. The lowest BCUT2D eigenvalue weighted by Gasteiger charge is -2.22. The number of imide groups is 1. The van der Waals surface area contributed by atoms with Gasteiger partial charge in [-0.1, -0.05) is 48.9 Å². The number of hydrogen-bond acceptors (Lipinski definition) is 3. The van der Waals surface area contributed by atoms with Crippen LogP contribution in [0.4, 0.5) is 10.5 Å². The van der Waals surface area contributed by atoms with E-state index in [1.165, 1.54) is 0 Å². The summed E-state index contributed by atoms with van der Waals surface area (Å²) in [4.78, 5) is 38.8. The summed E-state index contributed by atoms with van der Waals surface area (Å²) in [5.74, 6) is -0.900. The van der Waals surface area contributed by atoms with Crippen molar-refractivity contribution in [1.82, 2.24) is 10.2 Å². The Balaban J connectivity index is 1.78. The maximum absolute atomic E-state index is 12.9. The van der Waals surface area contributed by atoms with Gasteiger partial charge in [0.15, 0.2) is 0 Å². The van der Waals surface area contributed by atoms with Crippen LogP contribution in [0.3, 0.4) is 0 Å². The number of rotatable bonds is 5. The summed E-state index contributed by atoms with van der Waals surface area (Å²) >= 11 is 5.91. The average Bonchev–Trinajstić information content (AvgIpc) is 2.88. The van der Waals surface area contributed by atoms with Gasteiger partial charge >= 0.3 is 6.03 Å². The van der Waals surface area contributed by atoms with E-state index in [2.05, 4.69) is 10.6 Å². The summed E-state index contributed by atoms with van der Waals surface area (Å²) in [6.45, 7) is 5.16. The Kier molecular flexibility index (Phi) is 5.42. The molecule has 2 aromatic carbocycles. The number of nitrogens with one attached hydrogen (secondary N) is 2. The predicted octanol–water partition coefficient (Wildman–Crippen LogP) is 3.62. The van der Waals surface area contributed by atoms with Crippen LogP contribution in [0.1, 0.15) is 30.5 Å². The molecule has 2 aromatic rings. The Morgan fingerprint density at radius 3 is 2.50 bits per heavy atom. The van der Waals surface area contributed by atoms with Crippen molar-refractivity contribution in [2.45, 2.75) is 32.7 Å². The second-order valence-corrected chi connectivity index (χ2v) is 7.40. The molecule has 28 heavy (non-hydrogen) atoms. The van der Waals surface area contributed by atoms with Crippen LogP contribution in [-0.4, -0.2) is 29.3 Å². The van der Waals surface area contributed by atoms with E-state index < -0.39 is 23.4 Å². The lowest BCUT2D eigenvalue weighted by molar-refractivity contribution is -0.133. The van der Waals surface area contributed by atoms with Crippen LogP contribution in [0.2, 0.25) is 5.02 Å². The van der Waals surface area contributed by atoms with E-state index >= 15 is 0 Å². The molecule has 6 nitrogen and oxygen atoms in total. The number of halogens is 1. The fourth-order valence-corrected chi connectivity index (χ4v) is 3.47. The van der Waals surface area contributed by atoms with Crippen molar-refractivity contribution < 1.29 is 14.4 Å². The number of para-hydroxylation sites is 1. The standard InChI is InChI=1S/C21H22ClN3O3/c1-4-14-7-5-6-13(2)18(14)23-17(26)12-25-19(27)21(3,24-20(25)28)15-8-10-16(22)11-9-15/h5-11H,4,12H2,1-3H3,(H,23,26)(H,24,28)/t21-/m0/s1. The smallest absolute Gasteiger partial charge is 0.324 e. The molecule has 0 radical (unpaired) electrons. The Morgan fingerprint density at radius 1 is 1.18 bits per heavy atom. The third kappa shape index (κ3) is 3.60. The molecule has 1 aliphatic rings. The lowest BCUT2D eigenvalue weighted by Crippen LogP contribution is -2.42. The molecule has 3 rings (SSSR count). The Bertz CT molecular complexity index is 942. The van der Waals surface area contributed by atoms with Crippen LogP contribution < -0.4 is 10.6 Å². The molecular weight excluding hydrogens is 378 g/mol. The fourth-order valence-electron chi connectivity index (χ4n) is 3.34. The number of carbonyl (C=O) groups is 3. The van der Waals surface area contributed by atoms with Crippen molar-refractivity contribution >= 4 is 35.1 Å². The molecule has 1 aliphatic heterocycles. The first kappa shape index (κ1) is 19.9. The summed E-state index contributed by atoms with van der Waals surface area (Å²) in [5.41, 5.74) is 2.01. The molecule has 0 bridgehead atoms. The van der Waals surface area contributed by atoms with Crippen molar-refractivity contribution in [2.24, 2.45) is 0 Å². The van der Waals surface area contributed by atoms with Gasteiger partial charge in [-0.15, -0.1) is 0 Å². The van der Waals surface area contributed by atoms with E-state index in [-0.39, 0.29) is 6.54 Å². The largest absolute Gasteiger partial charge is 0.325 e. The van der Waals surface area contributed by atoms with E-state index in [0.717, 1.165) is 28.1 Å². The van der Waals surface area contributed by atoms with E-state index in [4.69, 9.17) is 11.6 Å². The number of amides is 4. The van der Waals surface area contributed by atoms with Gasteiger partial charge in [-0.05, 0) is 49.1 Å². The van der Waals surface area contributed by atoms with Crippen LogP contribution in [-0.2, 0) is 21.5 Å². The first-order chi connectivity index (χ1) is 13.3. The molecular formula is C21H22ClN3O3. The highest BCUT2D eigenvalue weighted by molar-refractivity contribution is 6.30. The van der Waals surface area contributed by atoms with Crippen LogP contribution in [0, 0.1) is 6.92 Å². The van der Waals surface area contributed by atoms with Gasteiger partial charge in [-0.25, -0.2) is 4.79 Å². The molecule has 1 saturated heterocycles. The van der Waals surface area contributed by atoms with Crippen molar-refractivity contribution in [3.8, 4) is 0 Å². The summed E-state index contributed by atoms with van der Waals surface area (Å²) < 4.78 is 0. The minimum Gasteiger partial charge on any atom is -0.324 e. The molecule has 4 amide bonds. The van der Waals surface area contributed by atoms with Gasteiger partial charge in [0.2, 0.25) is 5.91 Å². The summed E-state index contributed by atoms with van der Waals surface area (Å²) in [5, 5.41) is 6.06. The van der Waals surface area contributed by atoms with Gasteiger partial charge in [0.25, 0.3) is 5.91 Å². The Morgan fingerprint density at radius 2 is 1.86 bits per heavy atom. The van der Waals surface area contributed by atoms with E-state index in [9.17, 15) is 14.4 Å². The Hall–Kier alpha value is -2.86. The molecule has 7 heteroatoms. The van der Waals surface area contributed by atoms with Crippen LogP contribution in [0.15, 0.2) is 42.5 Å². The van der Waals surface area contributed by atoms with Gasteiger partial charge in [-0.2, -0.15) is 0 Å². The monoisotopic (exact) mass is 399 g/mol. The molecule has 0 aliphatic carbocycles. The third-order valence-electron chi connectivity index (χ3n) is 5.00. The lowest BCUT2D eigenvalue weighted by atomic mass is 9.92. The minimum atomic E-state index is -1.24. The molecule has 0 spiro atoms. The minimum absolute atomic E-state index is 0.356. The quantitative estimate of drug-likeness (QED) is 0.754. The maximum Gasteiger partial charge on any atom is 0.325 e. The maximum atomic E-state index is 12.9. The zero-order chi connectivity index (χ0) is 20.5. The fraction of sp³-hybridized carbons (Fsp3) is 0.286. The predicted molar refractivity (Wildman–Crippen MR) is 108 cm³/mol. The normalized spacial score (nSPS) is 18.9. The van der Waals surface area contributed by atoms with Gasteiger partial charge in [0.05, 0.1) is 0 Å². The van der Waals surface area contributed by atoms with Gasteiger partial charge in [-0.3, -0.25) is 14.5 Å². The number of benzene rings is 2. The highest BCUT2D eigenvalue weighted by atomic mass is 35.5. The molecule has 1 heterocycles. The third-order valence-corrected chi connectivity index (χ3v) is 5.25. The van der Waals surface area contributed by atoms with Gasteiger partial charge < -0.3 is 10.6 Å². The molecule has 0 aromatic heterocycles. The topological polar surface area (TPSA) is 78.5 Å². The van der Waals surface area contributed by atoms with Crippen molar-refractivity contribution in [3.63, 3.8) is 0 Å². The van der Waals surface area contributed by atoms with E-state index in [0.29, 0.717) is 10.6 Å². The van der Waals surface area contributed by atoms with Gasteiger partial charge in [0, 0.05) is 10.7 Å². The first-order valence-corrected chi connectivity index (χ1v) is 9.42. The summed E-state index contributed by atoms with van der Waals surface area (Å²) in [6.07, 6.45) is 0.759. The number of carbonyl (C=O) groups excluding carboxylic acids is 3. The van der Waals surface area contributed by atoms with Crippen molar-refractivity contribution in [1.29, 1.82) is 0 Å². The second kappa shape index (κ2) is 7.64. The van der Waals surface area contributed by atoms with E-state index in [1.807, 2.05) is 32.0 Å². The second-order valence-electron chi connectivity index (χ2n) is 6.96. The van der Waals surface area contributed by atoms with Crippen LogP contribution >= 0.6 is 11.6 Å². The average molecular weight is 400 g/mol. The molecule has 0 unspecified atom stereocenters. The zero-order valence-corrected chi connectivity index (χ0v) is 16.8. The van der Waals surface area contributed by atoms with E-state index in [1.54, 1.807) is 31.2 Å². The summed E-state index contributed by atoms with van der Waals surface area (Å²) in [6, 6.07) is 11.9. The summed E-state index contributed by atoms with van der Waals surface area (Å²) in [7, 11) is 0. The van der Waals surface area contributed by atoms with Crippen LogP contribution in [0.25, 0.3) is 0 Å². The molecule has 1 fully saturated rings. The molecule has 2 N–H and O–H groups in total. The number of urea groups is 1.